The highest BCUT2D eigenvalue weighted by atomic mass is 16.7. The van der Waals surface area contributed by atoms with Crippen molar-refractivity contribution in [1.29, 1.82) is 0 Å². The maximum Gasteiger partial charge on any atom is 0.330 e. The Morgan fingerprint density at radius 2 is 1.16 bits per heavy atom. The zero-order valence-electron chi connectivity index (χ0n) is 19.0. The molecule has 9 nitrogen and oxygen atoms in total. The zero-order valence-corrected chi connectivity index (χ0v) is 19.0. The van der Waals surface area contributed by atoms with Gasteiger partial charge in [0.2, 0.25) is 0 Å². The molecule has 1 aliphatic rings. The van der Waals surface area contributed by atoms with Crippen molar-refractivity contribution in [3.05, 3.63) is 71.3 Å². The number of hydroxylamine groups is 3. The number of nitrogens with zero attached hydrogens (tertiary/aromatic N) is 1. The second-order valence-corrected chi connectivity index (χ2v) is 5.42. The van der Waals surface area contributed by atoms with E-state index in [0.717, 1.165) is 6.92 Å². The van der Waals surface area contributed by atoms with Crippen LogP contribution in [-0.4, -0.2) is 34.7 Å². The fraction of sp³-hybridized carbons (Fsp3) is 0.261. The van der Waals surface area contributed by atoms with Crippen LogP contribution < -0.4 is 5.48 Å². The van der Waals surface area contributed by atoms with Gasteiger partial charge in [-0.15, -0.1) is 0 Å². The third kappa shape index (κ3) is 8.39. The van der Waals surface area contributed by atoms with Crippen molar-refractivity contribution < 1.29 is 33.6 Å². The normalized spacial score (nSPS) is 10.6. The lowest BCUT2D eigenvalue weighted by molar-refractivity contribution is -0.165. The van der Waals surface area contributed by atoms with Crippen molar-refractivity contribution in [2.24, 2.45) is 0 Å². The third-order valence-electron chi connectivity index (χ3n) is 3.30. The molecule has 0 bridgehead atoms. The lowest BCUT2D eigenvalue weighted by atomic mass is 10.1. The standard InChI is InChI=1S/C10H7NO4.C9H9NO3.2C2H6/c1-6(12)15-11-9(13)7-4-2-3-5-8(7)10(11)14;1-7(11)13-10-9(12)8-5-3-2-4-6-8;2*1-2/h2-5H,1H3;2-6H,1H3,(H,10,12);2*1-2H3. The van der Waals surface area contributed by atoms with E-state index < -0.39 is 29.7 Å². The van der Waals surface area contributed by atoms with E-state index in [-0.39, 0.29) is 11.1 Å². The first-order chi connectivity index (χ1) is 15.3. The van der Waals surface area contributed by atoms with Crippen molar-refractivity contribution in [1.82, 2.24) is 10.5 Å². The van der Waals surface area contributed by atoms with Crippen molar-refractivity contribution in [3.63, 3.8) is 0 Å². The van der Waals surface area contributed by atoms with Gasteiger partial charge in [0, 0.05) is 19.4 Å². The quantitative estimate of drug-likeness (QED) is 0.554. The summed E-state index contributed by atoms with van der Waals surface area (Å²) in [6.45, 7) is 10.3. The van der Waals surface area contributed by atoms with Gasteiger partial charge < -0.3 is 9.68 Å². The lowest BCUT2D eigenvalue weighted by Gasteiger charge is -2.10. The Morgan fingerprint density at radius 1 is 0.719 bits per heavy atom. The molecule has 0 saturated heterocycles. The van der Waals surface area contributed by atoms with Crippen molar-refractivity contribution in [3.8, 4) is 0 Å². The third-order valence-corrected chi connectivity index (χ3v) is 3.30. The molecule has 0 aliphatic carbocycles. The Hall–Kier alpha value is -4.01. The smallest absolute Gasteiger partial charge is 0.330 e. The summed E-state index contributed by atoms with van der Waals surface area (Å²) in [5.41, 5.74) is 2.96. The molecular formula is C23H28N2O7. The number of carbonyl (C=O) groups excluding carboxylic acids is 5. The number of amides is 3. The van der Waals surface area contributed by atoms with E-state index in [9.17, 15) is 24.0 Å². The number of benzene rings is 2. The van der Waals surface area contributed by atoms with Gasteiger partial charge in [0.25, 0.3) is 17.7 Å². The topological polar surface area (TPSA) is 119 Å². The predicted octanol–water partition coefficient (Wildman–Crippen LogP) is 3.71. The fourth-order valence-corrected chi connectivity index (χ4v) is 2.15. The Morgan fingerprint density at radius 3 is 1.56 bits per heavy atom. The molecule has 0 saturated carbocycles. The number of fused-ring (bicyclic) bond motifs is 1. The summed E-state index contributed by atoms with van der Waals surface area (Å²) >= 11 is 0. The van der Waals surface area contributed by atoms with E-state index >= 15 is 0 Å². The van der Waals surface area contributed by atoms with Crippen molar-refractivity contribution in [2.45, 2.75) is 41.5 Å². The molecule has 1 heterocycles. The largest absolute Gasteiger partial charge is 0.341 e. The van der Waals surface area contributed by atoms with Gasteiger partial charge in [-0.3, -0.25) is 19.2 Å². The Bertz CT molecular complexity index is 892. The Kier molecular flexibility index (Phi) is 13.0. The SMILES string of the molecule is CC.CC.CC(=O)ON1C(=O)c2ccccc2C1=O.CC(=O)ONC(=O)c1ccccc1. The van der Waals surface area contributed by atoms with Gasteiger partial charge in [0.05, 0.1) is 11.1 Å². The van der Waals surface area contributed by atoms with Gasteiger partial charge in [-0.05, 0) is 24.3 Å². The fourth-order valence-electron chi connectivity index (χ4n) is 2.15. The summed E-state index contributed by atoms with van der Waals surface area (Å²) in [5.74, 6) is -2.90. The van der Waals surface area contributed by atoms with Crippen LogP contribution in [0.5, 0.6) is 0 Å². The second kappa shape index (κ2) is 14.9. The number of nitrogens with one attached hydrogen (secondary N) is 1. The van der Waals surface area contributed by atoms with E-state index in [1.54, 1.807) is 42.5 Å². The number of hydrogen-bond acceptors (Lipinski definition) is 7. The molecule has 32 heavy (non-hydrogen) atoms. The average molecular weight is 444 g/mol. The van der Waals surface area contributed by atoms with E-state index in [1.165, 1.54) is 19.1 Å². The number of hydrogen-bond donors (Lipinski definition) is 1. The maximum atomic E-state index is 11.6. The van der Waals surface area contributed by atoms with Gasteiger partial charge in [-0.2, -0.15) is 5.48 Å². The van der Waals surface area contributed by atoms with Crippen molar-refractivity contribution >= 4 is 29.7 Å². The van der Waals surface area contributed by atoms with E-state index in [0.29, 0.717) is 10.6 Å². The minimum atomic E-state index is -0.704. The summed E-state index contributed by atoms with van der Waals surface area (Å²) in [7, 11) is 0. The van der Waals surface area contributed by atoms with Crippen molar-refractivity contribution in [2.75, 3.05) is 0 Å². The van der Waals surface area contributed by atoms with Crippen LogP contribution in [0.2, 0.25) is 0 Å². The zero-order chi connectivity index (χ0) is 24.7. The number of carbonyl (C=O) groups is 5. The van der Waals surface area contributed by atoms with Crippen LogP contribution in [0.25, 0.3) is 0 Å². The first kappa shape index (κ1) is 28.0. The summed E-state index contributed by atoms with van der Waals surface area (Å²) in [6, 6.07) is 14.8. The summed E-state index contributed by atoms with van der Waals surface area (Å²) in [6.07, 6.45) is 0. The molecule has 0 spiro atoms. The first-order valence-electron chi connectivity index (χ1n) is 10.0. The van der Waals surface area contributed by atoms with Crippen LogP contribution in [0.3, 0.4) is 0 Å². The van der Waals surface area contributed by atoms with E-state index in [2.05, 4.69) is 9.68 Å². The minimum Gasteiger partial charge on any atom is -0.341 e. The predicted molar refractivity (Wildman–Crippen MR) is 117 cm³/mol. The summed E-state index contributed by atoms with van der Waals surface area (Å²) < 4.78 is 0. The molecule has 172 valence electrons. The molecule has 0 atom stereocenters. The Balaban J connectivity index is 0.000000525. The maximum absolute atomic E-state index is 11.6. The van der Waals surface area contributed by atoms with Crippen LogP contribution in [0.4, 0.5) is 0 Å². The highest BCUT2D eigenvalue weighted by Gasteiger charge is 2.37. The molecule has 0 aromatic heterocycles. The minimum absolute atomic E-state index is 0.253. The van der Waals surface area contributed by atoms with Crippen LogP contribution in [0.1, 0.15) is 72.6 Å². The van der Waals surface area contributed by atoms with E-state index in [1.807, 2.05) is 33.2 Å². The molecule has 2 aromatic rings. The van der Waals surface area contributed by atoms with Gasteiger partial charge in [-0.1, -0.05) is 63.1 Å². The first-order valence-corrected chi connectivity index (χ1v) is 10.0. The molecule has 2 aromatic carbocycles. The van der Waals surface area contributed by atoms with Crippen LogP contribution in [0.15, 0.2) is 54.6 Å². The molecule has 1 aliphatic heterocycles. The highest BCUT2D eigenvalue weighted by Crippen LogP contribution is 2.22. The van der Waals surface area contributed by atoms with Gasteiger partial charge in [0.1, 0.15) is 0 Å². The van der Waals surface area contributed by atoms with Gasteiger partial charge >= 0.3 is 11.9 Å². The Labute approximate surface area is 187 Å². The van der Waals surface area contributed by atoms with Crippen LogP contribution in [-0.2, 0) is 19.3 Å². The molecule has 3 rings (SSSR count). The molecular weight excluding hydrogens is 416 g/mol. The highest BCUT2D eigenvalue weighted by molar-refractivity contribution is 6.20. The van der Waals surface area contributed by atoms with E-state index in [4.69, 9.17) is 0 Å². The average Bonchev–Trinajstić information content (AvgIpc) is 3.06. The van der Waals surface area contributed by atoms with Gasteiger partial charge in [-0.25, -0.2) is 4.79 Å². The molecule has 1 N–H and O–H groups in total. The molecule has 0 radical (unpaired) electrons. The van der Waals surface area contributed by atoms with Crippen LogP contribution in [0, 0.1) is 0 Å². The van der Waals surface area contributed by atoms with Crippen LogP contribution >= 0.6 is 0 Å². The number of rotatable bonds is 2. The summed E-state index contributed by atoms with van der Waals surface area (Å²) in [5, 5.41) is 0.479. The molecule has 3 amide bonds. The lowest BCUT2D eigenvalue weighted by Crippen LogP contribution is -2.31. The summed E-state index contributed by atoms with van der Waals surface area (Å²) in [4.78, 5) is 64.2. The second-order valence-electron chi connectivity index (χ2n) is 5.42. The van der Waals surface area contributed by atoms with Gasteiger partial charge in [0.15, 0.2) is 0 Å². The molecule has 0 unspecified atom stereocenters. The number of imide groups is 1. The molecule has 9 heteroatoms. The monoisotopic (exact) mass is 444 g/mol. The molecule has 0 fully saturated rings.